The lowest BCUT2D eigenvalue weighted by Crippen LogP contribution is -2.29. The van der Waals surface area contributed by atoms with Crippen LogP contribution in [0.4, 0.5) is 21.6 Å². The van der Waals surface area contributed by atoms with Crippen LogP contribution < -0.4 is 26.0 Å². The Balaban J connectivity index is 1.30. The molecule has 1 heterocycles. The highest BCUT2D eigenvalue weighted by Gasteiger charge is 2.11. The van der Waals surface area contributed by atoms with Gasteiger partial charge in [0.1, 0.15) is 40.2 Å². The number of fused-ring (bicyclic) bond motifs is 1. The number of amides is 3. The number of carbonyl (C=O) groups is 3. The number of halogens is 2. The van der Waals surface area contributed by atoms with Crippen LogP contribution in [0.3, 0.4) is 0 Å². The number of carbonyl (C=O) groups excluding carboxylic acids is 3. The molecule has 46 heavy (non-hydrogen) atoms. The minimum atomic E-state index is -3.21. The van der Waals surface area contributed by atoms with Gasteiger partial charge in [0.25, 0.3) is 0 Å². The van der Waals surface area contributed by atoms with Gasteiger partial charge < -0.3 is 26.0 Å². The number of sulfone groups is 1. The van der Waals surface area contributed by atoms with Gasteiger partial charge >= 0.3 is 0 Å². The van der Waals surface area contributed by atoms with Crippen molar-refractivity contribution in [1.29, 1.82) is 0 Å². The molecular weight excluding hydrogens is 639 g/mol. The van der Waals surface area contributed by atoms with Crippen molar-refractivity contribution in [2.24, 2.45) is 0 Å². The maximum Gasteiger partial charge on any atom is 0.244 e. The summed E-state index contributed by atoms with van der Waals surface area (Å²) in [6, 6.07) is 16.3. The highest BCUT2D eigenvalue weighted by atomic mass is 35.5. The first-order valence-corrected chi connectivity index (χ1v) is 16.3. The van der Waals surface area contributed by atoms with Gasteiger partial charge in [-0.3, -0.25) is 14.4 Å². The van der Waals surface area contributed by atoms with Crippen LogP contribution in [0.15, 0.2) is 79.1 Å². The quantitative estimate of drug-likeness (QED) is 0.146. The molecule has 0 aliphatic rings. The monoisotopic (exact) mass is 668 g/mol. The summed E-state index contributed by atoms with van der Waals surface area (Å²) in [4.78, 5) is 44.7. The molecule has 3 amide bonds. The fraction of sp³-hybridized carbons (Fsp3) is 0.194. The van der Waals surface area contributed by atoms with Crippen molar-refractivity contribution in [2.75, 3.05) is 35.7 Å². The molecule has 4 aromatic rings. The molecule has 240 valence electrons. The maximum absolute atomic E-state index is 13.4. The van der Waals surface area contributed by atoms with Crippen LogP contribution in [-0.2, 0) is 30.8 Å². The SMILES string of the molecule is CS(=O)(=O)CCNC(=O)C=CC(=O)NCCC(=O)Nc1ccc2ncnc(Nc3ccc(OCc4cccc(F)c4)c(Cl)c3)c2c1. The first-order chi connectivity index (χ1) is 21.9. The van der Waals surface area contributed by atoms with E-state index in [1.807, 2.05) is 0 Å². The van der Waals surface area contributed by atoms with Crippen LogP contribution in [0, 0.1) is 5.82 Å². The second-order valence-electron chi connectivity index (χ2n) is 9.99. The number of rotatable bonds is 14. The summed E-state index contributed by atoms with van der Waals surface area (Å²) < 4.78 is 41.4. The summed E-state index contributed by atoms with van der Waals surface area (Å²) in [6.45, 7) is 0.0877. The number of aromatic nitrogens is 2. The van der Waals surface area contributed by atoms with Gasteiger partial charge in [-0.25, -0.2) is 22.8 Å². The molecule has 0 fully saturated rings. The Hall–Kier alpha value is -5.08. The summed E-state index contributed by atoms with van der Waals surface area (Å²) >= 11 is 6.43. The van der Waals surface area contributed by atoms with Gasteiger partial charge in [-0.1, -0.05) is 23.7 Å². The zero-order valence-corrected chi connectivity index (χ0v) is 26.1. The third kappa shape index (κ3) is 10.8. The average Bonchev–Trinajstić information content (AvgIpc) is 2.99. The fourth-order valence-electron chi connectivity index (χ4n) is 4.01. The smallest absolute Gasteiger partial charge is 0.244 e. The van der Waals surface area contributed by atoms with E-state index in [0.29, 0.717) is 44.4 Å². The Morgan fingerprint density at radius 3 is 2.39 bits per heavy atom. The van der Waals surface area contributed by atoms with Gasteiger partial charge in [-0.2, -0.15) is 0 Å². The first kappa shape index (κ1) is 33.8. The molecule has 4 N–H and O–H groups in total. The molecule has 0 radical (unpaired) electrons. The van der Waals surface area contributed by atoms with Crippen LogP contribution in [0.2, 0.25) is 5.02 Å². The van der Waals surface area contributed by atoms with E-state index in [-0.39, 0.29) is 43.6 Å². The van der Waals surface area contributed by atoms with E-state index in [1.165, 1.54) is 18.5 Å². The van der Waals surface area contributed by atoms with E-state index in [0.717, 1.165) is 18.4 Å². The summed E-state index contributed by atoms with van der Waals surface area (Å²) in [5, 5.41) is 11.8. The number of hydrogen-bond donors (Lipinski definition) is 4. The van der Waals surface area contributed by atoms with Gasteiger partial charge in [0, 0.05) is 54.7 Å². The van der Waals surface area contributed by atoms with E-state index in [1.54, 1.807) is 48.5 Å². The molecule has 1 aromatic heterocycles. The van der Waals surface area contributed by atoms with Crippen LogP contribution in [0.5, 0.6) is 5.75 Å². The summed E-state index contributed by atoms with van der Waals surface area (Å²) in [5.41, 5.74) is 2.38. The second-order valence-corrected chi connectivity index (χ2v) is 12.7. The van der Waals surface area contributed by atoms with E-state index in [4.69, 9.17) is 16.3 Å². The van der Waals surface area contributed by atoms with E-state index < -0.39 is 21.7 Å². The Morgan fingerprint density at radius 1 is 0.935 bits per heavy atom. The third-order valence-corrected chi connectivity index (χ3v) is 7.45. The van der Waals surface area contributed by atoms with E-state index in [2.05, 4.69) is 31.2 Å². The number of ether oxygens (including phenoxy) is 1. The molecule has 15 heteroatoms. The largest absolute Gasteiger partial charge is 0.487 e. The molecule has 4 rings (SSSR count). The zero-order chi connectivity index (χ0) is 33.1. The molecule has 0 saturated heterocycles. The third-order valence-electron chi connectivity index (χ3n) is 6.21. The molecule has 3 aromatic carbocycles. The van der Waals surface area contributed by atoms with Crippen LogP contribution in [0.1, 0.15) is 12.0 Å². The lowest BCUT2D eigenvalue weighted by Gasteiger charge is -2.13. The molecule has 0 spiro atoms. The number of nitrogens with zero attached hydrogens (tertiary/aromatic N) is 2. The molecule has 0 aliphatic heterocycles. The molecule has 12 nitrogen and oxygen atoms in total. The van der Waals surface area contributed by atoms with Gasteiger partial charge in [-0.15, -0.1) is 0 Å². The van der Waals surface area contributed by atoms with Gasteiger partial charge in [0.15, 0.2) is 0 Å². The highest BCUT2D eigenvalue weighted by molar-refractivity contribution is 7.90. The maximum atomic E-state index is 13.4. The standard InChI is InChI=1S/C31H30ClFN6O6S/c1-46(43,44)14-13-35-29(41)10-9-28(40)34-12-11-30(42)38-22-5-7-26-24(16-22)31(37-19-36-26)39-23-6-8-27(25(32)17-23)45-18-20-3-2-4-21(33)15-20/h2-10,15-17,19H,11-14,18H2,1H3,(H,34,40)(H,35,41)(H,38,42)(H,36,37,39). The highest BCUT2D eigenvalue weighted by Crippen LogP contribution is 2.31. The van der Waals surface area contributed by atoms with Crippen molar-refractivity contribution in [2.45, 2.75) is 13.0 Å². The lowest BCUT2D eigenvalue weighted by molar-refractivity contribution is -0.119. The summed E-state index contributed by atoms with van der Waals surface area (Å²) in [7, 11) is -3.21. The number of benzene rings is 3. The number of hydrogen-bond acceptors (Lipinski definition) is 9. The van der Waals surface area contributed by atoms with Gasteiger partial charge in [-0.05, 0) is 54.1 Å². The Kier molecular flexibility index (Phi) is 11.6. The molecule has 0 bridgehead atoms. The van der Waals surface area contributed by atoms with Crippen molar-refractivity contribution >= 4 is 67.3 Å². The lowest BCUT2D eigenvalue weighted by atomic mass is 10.2. The van der Waals surface area contributed by atoms with Gasteiger partial charge in [0.2, 0.25) is 17.7 Å². The van der Waals surface area contributed by atoms with Crippen molar-refractivity contribution < 1.29 is 31.9 Å². The van der Waals surface area contributed by atoms with Crippen molar-refractivity contribution in [1.82, 2.24) is 20.6 Å². The van der Waals surface area contributed by atoms with Gasteiger partial charge in [0.05, 0.1) is 16.3 Å². The zero-order valence-electron chi connectivity index (χ0n) is 24.5. The molecule has 0 unspecified atom stereocenters. The Morgan fingerprint density at radius 2 is 1.67 bits per heavy atom. The summed E-state index contributed by atoms with van der Waals surface area (Å²) in [5.74, 6) is -1.24. The van der Waals surface area contributed by atoms with Crippen LogP contribution >= 0.6 is 11.6 Å². The van der Waals surface area contributed by atoms with Crippen molar-refractivity contribution in [3.8, 4) is 5.75 Å². The summed E-state index contributed by atoms with van der Waals surface area (Å²) in [6.07, 6.45) is 4.38. The molecule has 0 atom stereocenters. The Labute approximate surface area is 269 Å². The second kappa shape index (κ2) is 15.8. The molecular formula is C31H30ClFN6O6S. The molecule has 0 aliphatic carbocycles. The Bertz CT molecular complexity index is 1890. The predicted molar refractivity (Wildman–Crippen MR) is 173 cm³/mol. The minimum absolute atomic E-state index is 0.0108. The normalized spacial score (nSPS) is 11.3. The minimum Gasteiger partial charge on any atom is -0.487 e. The van der Waals surface area contributed by atoms with Crippen molar-refractivity contribution in [3.05, 3.63) is 95.5 Å². The van der Waals surface area contributed by atoms with Crippen LogP contribution in [0.25, 0.3) is 10.9 Å². The van der Waals surface area contributed by atoms with Crippen LogP contribution in [-0.4, -0.2) is 61.2 Å². The van der Waals surface area contributed by atoms with Crippen molar-refractivity contribution in [3.63, 3.8) is 0 Å². The molecule has 0 saturated carbocycles. The topological polar surface area (TPSA) is 168 Å². The predicted octanol–water partition coefficient (Wildman–Crippen LogP) is 3.91. The van der Waals surface area contributed by atoms with E-state index in [9.17, 15) is 27.2 Å². The number of nitrogens with one attached hydrogen (secondary N) is 4. The fourth-order valence-corrected chi connectivity index (χ4v) is 4.71. The average molecular weight is 669 g/mol. The first-order valence-electron chi connectivity index (χ1n) is 13.8. The number of anilines is 3. The van der Waals surface area contributed by atoms with E-state index >= 15 is 0 Å².